The highest BCUT2D eigenvalue weighted by atomic mass is 14.6. The Morgan fingerprint density at radius 2 is 0.815 bits per heavy atom. The van der Waals surface area contributed by atoms with E-state index >= 15 is 0 Å². The molecule has 3 nitrogen and oxygen atoms in total. The van der Waals surface area contributed by atoms with Crippen molar-refractivity contribution in [3.8, 4) is 0 Å². The van der Waals surface area contributed by atoms with Crippen LogP contribution in [0.3, 0.4) is 0 Å². The van der Waals surface area contributed by atoms with Crippen LogP contribution >= 0.6 is 0 Å². The normalized spacial score (nSPS) is 8.07. The summed E-state index contributed by atoms with van der Waals surface area (Å²) in [5.41, 5.74) is 11.7. The Kier molecular flexibility index (Phi) is 25.0. The third-order valence-corrected chi connectivity index (χ3v) is 2.83. The van der Waals surface area contributed by atoms with Gasteiger partial charge in [0.2, 0.25) is 0 Å². The minimum Gasteiger partial charge on any atom is -0.421 e. The maximum atomic E-state index is 5.84. The van der Waals surface area contributed by atoms with Gasteiger partial charge in [-0.1, -0.05) is 0 Å². The van der Waals surface area contributed by atoms with Gasteiger partial charge in [-0.15, -0.1) is 0 Å². The molecule has 92 valence electrons. The van der Waals surface area contributed by atoms with E-state index in [1.165, 1.54) is 14.1 Å². The molecule has 0 aromatic rings. The summed E-state index contributed by atoms with van der Waals surface area (Å²) in [6.07, 6.45) is 0. The number of nitrogens with two attached hydrogens (primary N) is 2. The van der Waals surface area contributed by atoms with E-state index in [0.717, 1.165) is 0 Å². The zero-order valence-electron chi connectivity index (χ0n) is 15.5. The fourth-order valence-electron chi connectivity index (χ4n) is 1.56. The van der Waals surface area contributed by atoms with Gasteiger partial charge in [-0.25, -0.2) is 0 Å². The number of nitrogens with one attached hydrogen (secondary N) is 1. The molecule has 27 heteroatoms. The van der Waals surface area contributed by atoms with Crippen molar-refractivity contribution in [2.24, 2.45) is 11.3 Å². The summed E-state index contributed by atoms with van der Waals surface area (Å²) in [6, 6.07) is 0. The maximum Gasteiger partial charge on any atom is 0.130 e. The van der Waals surface area contributed by atoms with Gasteiger partial charge in [-0.05, 0) is 0 Å². The van der Waals surface area contributed by atoms with Crippen LogP contribution in [0.5, 0.6) is 0 Å². The maximum absolute atomic E-state index is 5.84. The summed E-state index contributed by atoms with van der Waals surface area (Å²) in [4.78, 5) is 0. The minimum atomic E-state index is -0.134. The lowest BCUT2D eigenvalue weighted by Gasteiger charge is -2.05. The lowest BCUT2D eigenvalue weighted by atomic mass is 8.83. The Bertz CT molecular complexity index is 244. The molecule has 0 aliphatic heterocycles. The van der Waals surface area contributed by atoms with E-state index in [2.05, 4.69) is 5.14 Å². The molecule has 0 aliphatic rings. The molecule has 0 saturated heterocycles. The van der Waals surface area contributed by atoms with E-state index < -0.39 is 0 Å². The Labute approximate surface area is 186 Å². The van der Waals surface area contributed by atoms with Crippen molar-refractivity contribution < 1.29 is 0 Å². The fraction of sp³-hybridized carbons (Fsp3) is 0. The van der Waals surface area contributed by atoms with Crippen LogP contribution < -0.4 is 16.4 Å². The first-order chi connectivity index (χ1) is 13.2. The molecule has 0 amide bonds. The van der Waals surface area contributed by atoms with Gasteiger partial charge < -0.3 is 16.4 Å². The second kappa shape index (κ2) is 23.7. The van der Waals surface area contributed by atoms with Gasteiger partial charge in [-0.2, -0.15) is 0 Å². The van der Waals surface area contributed by atoms with Crippen LogP contribution in [-0.2, 0) is 0 Å². The van der Waals surface area contributed by atoms with Crippen molar-refractivity contribution >= 4 is 170 Å². The highest BCUT2D eigenvalue weighted by Crippen LogP contribution is 1.66. The average Bonchev–Trinajstić information content (AvgIpc) is 2.66. The van der Waals surface area contributed by atoms with Crippen LogP contribution in [0.25, 0.3) is 0 Å². The molecular weight excluding hydrogens is 302 g/mol. The molecule has 0 fully saturated rings. The van der Waals surface area contributed by atoms with Crippen molar-refractivity contribution in [1.82, 2.24) is 5.14 Å². The van der Waals surface area contributed by atoms with Crippen molar-refractivity contribution in [3.63, 3.8) is 0 Å². The highest BCUT2D eigenvalue weighted by molar-refractivity contribution is 7.75. The van der Waals surface area contributed by atoms with Crippen molar-refractivity contribution in [3.05, 3.63) is 0 Å². The number of hydrogen-bond donors (Lipinski definition) is 3. The third-order valence-electron chi connectivity index (χ3n) is 2.83. The standard InChI is InChI=1S/B24H5N3/c1-3-5-11-17-23(25)19-13-7-9-15-21-27-22-16-10-8-14-20-24(26)18-12-6-4-2/h27H,25-26H2. The molecule has 0 bridgehead atoms. The second-order valence-electron chi connectivity index (χ2n) is 5.12. The minimum absolute atomic E-state index is 0.134. The fourth-order valence-corrected chi connectivity index (χ4v) is 1.56. The molecular formula is H5B24N3. The zero-order valence-corrected chi connectivity index (χ0v) is 15.5. The van der Waals surface area contributed by atoms with Gasteiger partial charge in [0, 0.05) is 143 Å². The molecule has 0 heterocycles. The summed E-state index contributed by atoms with van der Waals surface area (Å²) >= 11 is 0. The van der Waals surface area contributed by atoms with Gasteiger partial charge in [0.15, 0.2) is 0 Å². The molecule has 0 saturated carbocycles. The SMILES string of the molecule is [B][B][B][B][B]B(N)[B][B][B][B][B][B]N[B][B][B][B][B][B]B(N)[B][B][B][B][B]. The number of hydrogen-bond acceptors (Lipinski definition) is 3. The quantitative estimate of drug-likeness (QED) is 0.137. The Morgan fingerprint density at radius 1 is 0.481 bits per heavy atom. The molecule has 0 aromatic carbocycles. The van der Waals surface area contributed by atoms with E-state index in [1.54, 1.807) is 14.1 Å². The van der Waals surface area contributed by atoms with E-state index in [-0.39, 0.29) is 13.3 Å². The highest BCUT2D eigenvalue weighted by Gasteiger charge is 2.09. The lowest BCUT2D eigenvalue weighted by molar-refractivity contribution is 1.65. The van der Waals surface area contributed by atoms with Crippen molar-refractivity contribution in [2.45, 2.75) is 0 Å². The Morgan fingerprint density at radius 3 is 1.19 bits per heavy atom. The van der Waals surface area contributed by atoms with Crippen LogP contribution in [0.2, 0.25) is 0 Å². The predicted molar refractivity (Wildman–Crippen MR) is 150 cm³/mol. The summed E-state index contributed by atoms with van der Waals surface area (Å²) in [5.74, 6) is 0. The van der Waals surface area contributed by atoms with Crippen LogP contribution in [0, 0.1) is 0 Å². The second-order valence-corrected chi connectivity index (χ2v) is 5.12. The molecule has 0 unspecified atom stereocenters. The monoisotopic (exact) mass is 311 g/mol. The largest absolute Gasteiger partial charge is 0.421 e. The van der Waals surface area contributed by atoms with Gasteiger partial charge >= 0.3 is 0 Å². The van der Waals surface area contributed by atoms with Crippen LogP contribution in [0.4, 0.5) is 0 Å². The van der Waals surface area contributed by atoms with E-state index in [1.807, 2.05) is 113 Å². The van der Waals surface area contributed by atoms with Crippen LogP contribution in [0.1, 0.15) is 0 Å². The molecule has 0 aromatic heterocycles. The summed E-state index contributed by atoms with van der Waals surface area (Å²) in [7, 11) is 46.7. The molecule has 27 heavy (non-hydrogen) atoms. The lowest BCUT2D eigenvalue weighted by Crippen LogP contribution is -2.49. The van der Waals surface area contributed by atoms with Crippen LogP contribution in [-0.4, -0.2) is 170 Å². The van der Waals surface area contributed by atoms with Gasteiger partial charge in [0.25, 0.3) is 0 Å². The van der Waals surface area contributed by atoms with Gasteiger partial charge in [0.1, 0.15) is 27.9 Å². The van der Waals surface area contributed by atoms with Crippen molar-refractivity contribution in [2.75, 3.05) is 0 Å². The summed E-state index contributed by atoms with van der Waals surface area (Å²) in [6.45, 7) is -0.268. The Hall–Kier alpha value is 1.44. The molecule has 24 radical (unpaired) electrons. The first-order valence-corrected chi connectivity index (χ1v) is 8.58. The first kappa shape index (κ1) is 28.4. The molecule has 0 atom stereocenters. The number of rotatable bonds is 22. The first-order valence-electron chi connectivity index (χ1n) is 8.58. The third kappa shape index (κ3) is 23.6. The Balaban J connectivity index is 3.14. The molecule has 0 rings (SSSR count). The van der Waals surface area contributed by atoms with Crippen LogP contribution in [0.15, 0.2) is 0 Å². The smallest absolute Gasteiger partial charge is 0.130 e. The zero-order chi connectivity index (χ0) is 20.0. The predicted octanol–water partition coefficient (Wildman–Crippen LogP) is -10.8. The summed E-state index contributed by atoms with van der Waals surface area (Å²) in [5, 5.41) is 3.03. The van der Waals surface area contributed by atoms with E-state index in [0.29, 0.717) is 0 Å². The van der Waals surface area contributed by atoms with Gasteiger partial charge in [-0.3, -0.25) is 0 Å². The van der Waals surface area contributed by atoms with Crippen molar-refractivity contribution in [1.29, 1.82) is 0 Å². The molecule has 0 aliphatic carbocycles. The summed E-state index contributed by atoms with van der Waals surface area (Å²) < 4.78 is 0. The average molecular weight is 307 g/mol. The van der Waals surface area contributed by atoms with Gasteiger partial charge in [0.05, 0.1) is 0 Å². The van der Waals surface area contributed by atoms with E-state index in [4.69, 9.17) is 26.8 Å². The topological polar surface area (TPSA) is 64.1 Å². The molecule has 0 spiro atoms. The van der Waals surface area contributed by atoms with E-state index in [9.17, 15) is 0 Å². The molecule has 5 N–H and O–H groups in total.